The molecule has 3 fully saturated rings. The summed E-state index contributed by atoms with van der Waals surface area (Å²) >= 11 is 0. The smallest absolute Gasteiger partial charge is 0.155 e. The third kappa shape index (κ3) is 1.63. The van der Waals surface area contributed by atoms with Gasteiger partial charge in [-0.05, 0) is 68.3 Å². The van der Waals surface area contributed by atoms with Crippen molar-refractivity contribution in [3.8, 4) is 0 Å². The molecule has 0 aromatic heterocycles. The van der Waals surface area contributed by atoms with Crippen LogP contribution in [0.25, 0.3) is 0 Å². The summed E-state index contributed by atoms with van der Waals surface area (Å²) in [6.45, 7) is 2.20. The minimum atomic E-state index is -0.545. The number of carbonyl (C=O) groups is 2. The van der Waals surface area contributed by atoms with Crippen molar-refractivity contribution in [2.75, 3.05) is 0 Å². The summed E-state index contributed by atoms with van der Waals surface area (Å²) in [7, 11) is 0. The van der Waals surface area contributed by atoms with Crippen LogP contribution in [0.5, 0.6) is 0 Å². The van der Waals surface area contributed by atoms with Crippen LogP contribution in [0.15, 0.2) is 11.6 Å². The third-order valence-electron chi connectivity index (χ3n) is 6.86. The first kappa shape index (κ1) is 11.7. The molecule has 3 saturated carbocycles. The van der Waals surface area contributed by atoms with Gasteiger partial charge in [0.05, 0.1) is 0 Å². The molecule has 0 amide bonds. The normalized spacial score (nSPS) is 51.8. The lowest BCUT2D eigenvalue weighted by Crippen LogP contribution is -2.46. The van der Waals surface area contributed by atoms with E-state index in [1.165, 1.54) is 5.57 Å². The number of carbonyl (C=O) groups excluding carboxylic acids is 2. The molecule has 0 aliphatic heterocycles. The van der Waals surface area contributed by atoms with Gasteiger partial charge in [0, 0.05) is 19.6 Å². The van der Waals surface area contributed by atoms with Crippen LogP contribution in [-0.2, 0) is 9.59 Å². The highest BCUT2D eigenvalue weighted by atomic mass is 16.1. The Kier molecular flexibility index (Phi) is 2.51. The average molecular weight is 273 g/mol. The van der Waals surface area contributed by atoms with E-state index >= 15 is 0 Å². The maximum absolute atomic E-state index is 12.3. The predicted molar refractivity (Wildman–Crippen MR) is 77.1 cm³/mol. The monoisotopic (exact) mass is 273 g/mol. The van der Waals surface area contributed by atoms with Crippen molar-refractivity contribution in [3.63, 3.8) is 0 Å². The number of Topliss-reactive ketones (excluding diaryl/α,β-unsaturated/α-hetero) is 1. The lowest BCUT2D eigenvalue weighted by atomic mass is 9.52. The average Bonchev–Trinajstić information content (AvgIpc) is 2.76. The lowest BCUT2D eigenvalue weighted by molar-refractivity contribution is -0.131. The molecule has 20 heavy (non-hydrogen) atoms. The molecule has 2 nitrogen and oxygen atoms in total. The zero-order valence-electron chi connectivity index (χ0n) is 13.2. The molecule has 0 spiro atoms. The van der Waals surface area contributed by atoms with Crippen molar-refractivity contribution in [3.05, 3.63) is 11.6 Å². The van der Waals surface area contributed by atoms with E-state index < -0.39 is 6.40 Å². The first-order valence-corrected chi connectivity index (χ1v) is 8.20. The standard InChI is InChI=1S/C18H24O2/c1-18-9-8-14-13-5-3-12(19)10-11(13)2-4-15(14)16(18)6-7-17(18)20/h10,13-16H,2-9H2,1H3/t13-,14+,15+,16-,18-/m0/s1/i3D/t3-,13-,14+,15+,16-,18-. The van der Waals surface area contributed by atoms with E-state index in [4.69, 9.17) is 1.37 Å². The fourth-order valence-electron chi connectivity index (χ4n) is 5.79. The minimum Gasteiger partial charge on any atom is -0.299 e. The molecule has 0 unspecified atom stereocenters. The van der Waals surface area contributed by atoms with E-state index in [0.29, 0.717) is 29.5 Å². The van der Waals surface area contributed by atoms with Crippen molar-refractivity contribution in [1.82, 2.24) is 0 Å². The second kappa shape index (κ2) is 4.29. The summed E-state index contributed by atoms with van der Waals surface area (Å²) in [6, 6.07) is 0. The number of ketones is 2. The summed E-state index contributed by atoms with van der Waals surface area (Å²) in [5.41, 5.74) is 1.26. The number of fused-ring (bicyclic) bond motifs is 5. The molecule has 0 bridgehead atoms. The fourth-order valence-corrected chi connectivity index (χ4v) is 5.79. The van der Waals surface area contributed by atoms with Crippen LogP contribution in [0, 0.1) is 29.1 Å². The Labute approximate surface area is 122 Å². The van der Waals surface area contributed by atoms with E-state index in [9.17, 15) is 9.59 Å². The summed E-state index contributed by atoms with van der Waals surface area (Å²) in [5, 5.41) is 0. The SMILES string of the molecule is [2H][C@H]1C[C@H]2C(=CC1=O)CC[C@@H]1[C@@H]2CC[C@]2(C)C(=O)CC[C@@H]12. The van der Waals surface area contributed by atoms with Crippen LogP contribution in [0.1, 0.15) is 59.6 Å². The third-order valence-corrected chi connectivity index (χ3v) is 6.86. The first-order valence-electron chi connectivity index (χ1n) is 8.78. The van der Waals surface area contributed by atoms with E-state index in [1.54, 1.807) is 6.08 Å². The molecule has 0 aromatic carbocycles. The Morgan fingerprint density at radius 2 is 2.00 bits per heavy atom. The molecule has 4 rings (SSSR count). The molecule has 0 N–H and O–H groups in total. The molecule has 2 heteroatoms. The molecule has 0 aromatic rings. The zero-order valence-corrected chi connectivity index (χ0v) is 12.2. The summed E-state index contributed by atoms with van der Waals surface area (Å²) in [5.74, 6) is 2.78. The van der Waals surface area contributed by atoms with Crippen molar-refractivity contribution in [1.29, 1.82) is 0 Å². The van der Waals surface area contributed by atoms with Crippen molar-refractivity contribution < 1.29 is 11.0 Å². The van der Waals surface area contributed by atoms with Crippen LogP contribution in [0.3, 0.4) is 0 Å². The summed E-state index contributed by atoms with van der Waals surface area (Å²) < 4.78 is 7.98. The molecular formula is C18H24O2. The Balaban J connectivity index is 1.65. The molecule has 4 aliphatic rings. The Morgan fingerprint density at radius 1 is 1.15 bits per heavy atom. The van der Waals surface area contributed by atoms with Gasteiger partial charge in [0.25, 0.3) is 0 Å². The van der Waals surface area contributed by atoms with E-state index in [1.807, 2.05) is 0 Å². The van der Waals surface area contributed by atoms with E-state index in [-0.39, 0.29) is 11.2 Å². The highest BCUT2D eigenvalue weighted by molar-refractivity contribution is 5.91. The molecule has 0 radical (unpaired) electrons. The first-order chi connectivity index (χ1) is 10.0. The molecule has 0 heterocycles. The van der Waals surface area contributed by atoms with Gasteiger partial charge in [-0.25, -0.2) is 0 Å². The van der Waals surface area contributed by atoms with Gasteiger partial charge >= 0.3 is 0 Å². The van der Waals surface area contributed by atoms with Gasteiger partial charge in [-0.2, -0.15) is 0 Å². The molecular weight excluding hydrogens is 248 g/mol. The quantitative estimate of drug-likeness (QED) is 0.674. The van der Waals surface area contributed by atoms with Crippen molar-refractivity contribution in [2.24, 2.45) is 29.1 Å². The number of hydrogen-bond acceptors (Lipinski definition) is 2. The maximum Gasteiger partial charge on any atom is 0.155 e. The van der Waals surface area contributed by atoms with Crippen LogP contribution in [0.4, 0.5) is 0 Å². The topological polar surface area (TPSA) is 34.1 Å². The van der Waals surface area contributed by atoms with Gasteiger partial charge in [-0.3, -0.25) is 9.59 Å². The van der Waals surface area contributed by atoms with Crippen LogP contribution in [-0.4, -0.2) is 11.6 Å². The van der Waals surface area contributed by atoms with Gasteiger partial charge in [0.15, 0.2) is 5.78 Å². The molecule has 0 saturated heterocycles. The van der Waals surface area contributed by atoms with Crippen LogP contribution in [0.2, 0.25) is 0 Å². The van der Waals surface area contributed by atoms with Gasteiger partial charge in [0.1, 0.15) is 5.78 Å². The maximum atomic E-state index is 12.3. The van der Waals surface area contributed by atoms with Crippen molar-refractivity contribution >= 4 is 11.6 Å². The second-order valence-electron chi connectivity index (χ2n) is 7.56. The lowest BCUT2D eigenvalue weighted by Gasteiger charge is -2.52. The van der Waals surface area contributed by atoms with Crippen LogP contribution < -0.4 is 0 Å². The van der Waals surface area contributed by atoms with Gasteiger partial charge in [-0.15, -0.1) is 0 Å². The highest BCUT2D eigenvalue weighted by Gasteiger charge is 2.55. The van der Waals surface area contributed by atoms with Crippen molar-refractivity contribution in [2.45, 2.75) is 58.3 Å². The fraction of sp³-hybridized carbons (Fsp3) is 0.778. The highest BCUT2D eigenvalue weighted by Crippen LogP contribution is 2.60. The molecule has 4 aliphatic carbocycles. The summed E-state index contributed by atoms with van der Waals surface area (Å²) in [6.07, 6.45) is 8.13. The Morgan fingerprint density at radius 3 is 2.85 bits per heavy atom. The van der Waals surface area contributed by atoms with Gasteiger partial charge in [-0.1, -0.05) is 12.5 Å². The summed E-state index contributed by atoms with van der Waals surface area (Å²) in [4.78, 5) is 24.1. The number of allylic oxidation sites excluding steroid dienone is 1. The minimum absolute atomic E-state index is 0.0105. The second-order valence-corrected chi connectivity index (χ2v) is 7.56. The van der Waals surface area contributed by atoms with E-state index in [0.717, 1.165) is 44.9 Å². The Hall–Kier alpha value is -0.920. The van der Waals surface area contributed by atoms with Crippen LogP contribution >= 0.6 is 0 Å². The van der Waals surface area contributed by atoms with Gasteiger partial charge in [0.2, 0.25) is 0 Å². The number of hydrogen-bond donors (Lipinski definition) is 0. The molecule has 108 valence electrons. The Bertz CT molecular complexity index is 537. The number of rotatable bonds is 0. The van der Waals surface area contributed by atoms with Gasteiger partial charge < -0.3 is 0 Å². The largest absolute Gasteiger partial charge is 0.299 e. The van der Waals surface area contributed by atoms with E-state index in [2.05, 4.69) is 6.92 Å². The molecule has 6 atom stereocenters. The predicted octanol–water partition coefficient (Wildman–Crippen LogP) is 3.70. The zero-order chi connectivity index (χ0) is 14.8.